The van der Waals surface area contributed by atoms with Crippen molar-refractivity contribution in [1.29, 1.82) is 0 Å². The van der Waals surface area contributed by atoms with E-state index >= 15 is 0 Å². The van der Waals surface area contributed by atoms with Gasteiger partial charge in [0.05, 0.1) is 31.0 Å². The SMILES string of the molecule is O=C([C@@H]1CN(C(=O)c2ccccc2Br)c2ccccc2O1)N1CCOCC1. The summed E-state index contributed by atoms with van der Waals surface area (Å²) in [4.78, 5) is 29.5. The summed E-state index contributed by atoms with van der Waals surface area (Å²) < 4.78 is 12.0. The van der Waals surface area contributed by atoms with E-state index in [1.165, 1.54) is 0 Å². The van der Waals surface area contributed by atoms with E-state index in [-0.39, 0.29) is 18.4 Å². The molecule has 0 aromatic heterocycles. The highest BCUT2D eigenvalue weighted by molar-refractivity contribution is 9.10. The highest BCUT2D eigenvalue weighted by atomic mass is 79.9. The van der Waals surface area contributed by atoms with Crippen LogP contribution in [0.15, 0.2) is 53.0 Å². The normalized spacial score (nSPS) is 19.2. The number of hydrogen-bond acceptors (Lipinski definition) is 4. The first-order valence-corrected chi connectivity index (χ1v) is 9.63. The monoisotopic (exact) mass is 430 g/mol. The number of hydrogen-bond donors (Lipinski definition) is 0. The van der Waals surface area contributed by atoms with Gasteiger partial charge in [-0.3, -0.25) is 9.59 Å². The fourth-order valence-corrected chi connectivity index (χ4v) is 3.78. The van der Waals surface area contributed by atoms with Gasteiger partial charge >= 0.3 is 0 Å². The van der Waals surface area contributed by atoms with E-state index in [0.717, 1.165) is 4.47 Å². The van der Waals surface area contributed by atoms with Gasteiger partial charge in [0.1, 0.15) is 5.75 Å². The van der Waals surface area contributed by atoms with Gasteiger partial charge in [0.2, 0.25) is 0 Å². The summed E-state index contributed by atoms with van der Waals surface area (Å²) in [7, 11) is 0. The molecule has 7 heteroatoms. The number of benzene rings is 2. The third-order valence-corrected chi connectivity index (χ3v) is 5.41. The molecule has 0 N–H and O–H groups in total. The number of anilines is 1. The van der Waals surface area contributed by atoms with Gasteiger partial charge < -0.3 is 19.3 Å². The summed E-state index contributed by atoms with van der Waals surface area (Å²) in [6.07, 6.45) is -0.732. The zero-order chi connectivity index (χ0) is 18.8. The minimum absolute atomic E-state index is 0.113. The Bertz CT molecular complexity index is 867. The number of carbonyl (C=O) groups excluding carboxylic acids is 2. The summed E-state index contributed by atoms with van der Waals surface area (Å²) in [5.74, 6) is 0.256. The molecule has 6 nitrogen and oxygen atoms in total. The molecule has 0 saturated carbocycles. The molecule has 0 radical (unpaired) electrons. The van der Waals surface area contributed by atoms with Gasteiger partial charge in [-0.1, -0.05) is 24.3 Å². The second-order valence-corrected chi connectivity index (χ2v) is 7.26. The van der Waals surface area contributed by atoms with E-state index in [2.05, 4.69) is 15.9 Å². The van der Waals surface area contributed by atoms with Crippen LogP contribution in [0, 0.1) is 0 Å². The number of amides is 2. The lowest BCUT2D eigenvalue weighted by molar-refractivity contribution is -0.142. The van der Waals surface area contributed by atoms with Gasteiger partial charge in [-0.25, -0.2) is 0 Å². The second-order valence-electron chi connectivity index (χ2n) is 6.41. The van der Waals surface area contributed by atoms with Crippen molar-refractivity contribution >= 4 is 33.4 Å². The maximum atomic E-state index is 13.2. The number of para-hydroxylation sites is 2. The lowest BCUT2D eigenvalue weighted by Gasteiger charge is -2.37. The Labute approximate surface area is 165 Å². The molecule has 2 aliphatic rings. The zero-order valence-corrected chi connectivity index (χ0v) is 16.2. The maximum Gasteiger partial charge on any atom is 0.265 e. The largest absolute Gasteiger partial charge is 0.476 e. The van der Waals surface area contributed by atoms with Gasteiger partial charge in [0.15, 0.2) is 6.10 Å². The molecular formula is C20H19BrN2O4. The Morgan fingerprint density at radius 2 is 1.70 bits per heavy atom. The van der Waals surface area contributed by atoms with Crippen LogP contribution in [-0.4, -0.2) is 55.7 Å². The van der Waals surface area contributed by atoms with Crippen molar-refractivity contribution in [3.8, 4) is 5.75 Å². The molecule has 2 aromatic rings. The van der Waals surface area contributed by atoms with E-state index in [9.17, 15) is 9.59 Å². The van der Waals surface area contributed by atoms with Gasteiger partial charge in [0, 0.05) is 17.6 Å². The fourth-order valence-electron chi connectivity index (χ4n) is 3.32. The summed E-state index contributed by atoms with van der Waals surface area (Å²) in [5, 5.41) is 0. The van der Waals surface area contributed by atoms with E-state index in [1.54, 1.807) is 21.9 Å². The first kappa shape index (κ1) is 18.0. The van der Waals surface area contributed by atoms with Crippen LogP contribution in [0.1, 0.15) is 10.4 Å². The third kappa shape index (κ3) is 3.57. The van der Waals surface area contributed by atoms with Crippen molar-refractivity contribution < 1.29 is 19.1 Å². The number of fused-ring (bicyclic) bond motifs is 1. The van der Waals surface area contributed by atoms with Crippen molar-refractivity contribution in [1.82, 2.24) is 4.90 Å². The molecule has 0 unspecified atom stereocenters. The van der Waals surface area contributed by atoms with Crippen LogP contribution >= 0.6 is 15.9 Å². The molecule has 0 spiro atoms. The Balaban J connectivity index is 1.65. The topological polar surface area (TPSA) is 59.1 Å². The van der Waals surface area contributed by atoms with E-state index in [0.29, 0.717) is 43.3 Å². The molecule has 0 aliphatic carbocycles. The Morgan fingerprint density at radius 3 is 2.48 bits per heavy atom. The third-order valence-electron chi connectivity index (χ3n) is 4.72. The van der Waals surface area contributed by atoms with Crippen LogP contribution in [0.3, 0.4) is 0 Å². The molecule has 1 atom stereocenters. The molecule has 2 aliphatic heterocycles. The van der Waals surface area contributed by atoms with Gasteiger partial charge in [-0.05, 0) is 40.2 Å². The van der Waals surface area contributed by atoms with Crippen molar-refractivity contribution in [2.24, 2.45) is 0 Å². The Hall–Kier alpha value is -2.38. The molecule has 27 heavy (non-hydrogen) atoms. The molecule has 140 valence electrons. The quantitative estimate of drug-likeness (QED) is 0.734. The predicted octanol–water partition coefficient (Wildman–Crippen LogP) is 2.72. The van der Waals surface area contributed by atoms with Crippen LogP contribution in [-0.2, 0) is 9.53 Å². The molecule has 2 heterocycles. The number of nitrogens with zero attached hydrogens (tertiary/aromatic N) is 2. The number of carbonyl (C=O) groups is 2. The minimum Gasteiger partial charge on any atom is -0.476 e. The van der Waals surface area contributed by atoms with Gasteiger partial charge in [0.25, 0.3) is 11.8 Å². The molecule has 1 fully saturated rings. The molecule has 0 bridgehead atoms. The first-order valence-electron chi connectivity index (χ1n) is 8.84. The lowest BCUT2D eigenvalue weighted by Crippen LogP contribution is -2.54. The van der Waals surface area contributed by atoms with Gasteiger partial charge in [-0.2, -0.15) is 0 Å². The van der Waals surface area contributed by atoms with E-state index in [4.69, 9.17) is 9.47 Å². The van der Waals surface area contributed by atoms with E-state index < -0.39 is 6.10 Å². The standard InChI is InChI=1S/C20H19BrN2O4/c21-15-6-2-1-5-14(15)19(24)23-13-18(20(25)22-9-11-26-12-10-22)27-17-8-4-3-7-16(17)23/h1-8,18H,9-13H2/t18-/m0/s1. The van der Waals surface area contributed by atoms with Crippen molar-refractivity contribution in [3.63, 3.8) is 0 Å². The predicted molar refractivity (Wildman–Crippen MR) is 104 cm³/mol. The number of ether oxygens (including phenoxy) is 2. The summed E-state index contributed by atoms with van der Waals surface area (Å²) >= 11 is 3.44. The second kappa shape index (κ2) is 7.70. The smallest absolute Gasteiger partial charge is 0.265 e. The molecule has 2 amide bonds. The van der Waals surface area contributed by atoms with Crippen LogP contribution in [0.4, 0.5) is 5.69 Å². The zero-order valence-electron chi connectivity index (χ0n) is 14.6. The lowest BCUT2D eigenvalue weighted by atomic mass is 10.1. The molecule has 2 aromatic carbocycles. The average molecular weight is 431 g/mol. The maximum absolute atomic E-state index is 13.2. The summed E-state index contributed by atoms with van der Waals surface area (Å²) in [5.41, 5.74) is 1.22. The van der Waals surface area contributed by atoms with Gasteiger partial charge in [-0.15, -0.1) is 0 Å². The van der Waals surface area contributed by atoms with Crippen LogP contribution in [0.5, 0.6) is 5.75 Å². The van der Waals surface area contributed by atoms with E-state index in [1.807, 2.05) is 36.4 Å². The fraction of sp³-hybridized carbons (Fsp3) is 0.300. The molecule has 4 rings (SSSR count). The Morgan fingerprint density at radius 1 is 1.00 bits per heavy atom. The highest BCUT2D eigenvalue weighted by Gasteiger charge is 2.37. The van der Waals surface area contributed by atoms with Crippen LogP contribution < -0.4 is 9.64 Å². The molecular weight excluding hydrogens is 412 g/mol. The average Bonchev–Trinajstić information content (AvgIpc) is 2.73. The highest BCUT2D eigenvalue weighted by Crippen LogP contribution is 2.35. The Kier molecular flexibility index (Phi) is 5.13. The minimum atomic E-state index is -0.732. The van der Waals surface area contributed by atoms with Crippen molar-refractivity contribution in [2.75, 3.05) is 37.7 Å². The van der Waals surface area contributed by atoms with Crippen LogP contribution in [0.25, 0.3) is 0 Å². The van der Waals surface area contributed by atoms with Crippen molar-refractivity contribution in [3.05, 3.63) is 58.6 Å². The van der Waals surface area contributed by atoms with Crippen LogP contribution in [0.2, 0.25) is 0 Å². The molecule has 1 saturated heterocycles. The number of morpholine rings is 1. The number of rotatable bonds is 2. The first-order chi connectivity index (χ1) is 13.1. The number of halogens is 1. The summed E-state index contributed by atoms with van der Waals surface area (Å²) in [6.45, 7) is 2.30. The summed E-state index contributed by atoms with van der Waals surface area (Å²) in [6, 6.07) is 14.6. The van der Waals surface area contributed by atoms with Crippen molar-refractivity contribution in [2.45, 2.75) is 6.10 Å².